The Kier molecular flexibility index (Phi) is 4.41. The second-order valence-electron chi connectivity index (χ2n) is 4.20. The quantitative estimate of drug-likeness (QED) is 0.752. The molecule has 1 aromatic carbocycles. The maximum atomic E-state index is 11.8. The molecule has 0 saturated carbocycles. The maximum absolute atomic E-state index is 11.8. The predicted octanol–water partition coefficient (Wildman–Crippen LogP) is 0.787. The highest BCUT2D eigenvalue weighted by Crippen LogP contribution is 2.29. The Morgan fingerprint density at radius 1 is 1.45 bits per heavy atom. The number of nitrogens with one attached hydrogen (secondary N) is 1. The Morgan fingerprint density at radius 2 is 2.20 bits per heavy atom. The van der Waals surface area contributed by atoms with Crippen molar-refractivity contribution in [1.29, 1.82) is 0 Å². The van der Waals surface area contributed by atoms with Crippen molar-refractivity contribution in [2.24, 2.45) is 0 Å². The molecule has 1 aliphatic rings. The van der Waals surface area contributed by atoms with Crippen LogP contribution >= 0.6 is 15.9 Å². The molecule has 1 atom stereocenters. The summed E-state index contributed by atoms with van der Waals surface area (Å²) in [6.07, 6.45) is 0.0528. The van der Waals surface area contributed by atoms with Crippen molar-refractivity contribution in [3.05, 3.63) is 33.8 Å². The van der Waals surface area contributed by atoms with Crippen LogP contribution < -0.4 is 10.1 Å². The number of fused-ring (bicyclic) bond motifs is 1. The number of ether oxygens (including phenoxy) is 1. The molecule has 1 aromatic rings. The topological polar surface area (TPSA) is 95.9 Å². The summed E-state index contributed by atoms with van der Waals surface area (Å²) >= 11 is 3.33. The normalized spacial score (nSPS) is 14.6. The SMILES string of the molecule is O=C(NC[C@H](O)C(=O)O)C1=Cc2cc(Br)ccc2OC1. The molecule has 2 rings (SSSR count). The first-order valence-electron chi connectivity index (χ1n) is 5.79. The molecule has 0 radical (unpaired) electrons. The molecule has 1 heterocycles. The van der Waals surface area contributed by atoms with Gasteiger partial charge in [-0.1, -0.05) is 15.9 Å². The number of hydrogen-bond acceptors (Lipinski definition) is 4. The number of carbonyl (C=O) groups excluding carboxylic acids is 1. The zero-order valence-electron chi connectivity index (χ0n) is 10.3. The summed E-state index contributed by atoms with van der Waals surface area (Å²) < 4.78 is 6.30. The number of halogens is 1. The Morgan fingerprint density at radius 3 is 2.90 bits per heavy atom. The average molecular weight is 342 g/mol. The Hall–Kier alpha value is -1.86. The third-order valence-electron chi connectivity index (χ3n) is 2.72. The minimum absolute atomic E-state index is 0.101. The van der Waals surface area contributed by atoms with Crippen LogP contribution in [0.3, 0.4) is 0 Å². The van der Waals surface area contributed by atoms with E-state index in [1.165, 1.54) is 0 Å². The predicted molar refractivity (Wildman–Crippen MR) is 74.3 cm³/mol. The fourth-order valence-electron chi connectivity index (χ4n) is 1.67. The van der Waals surface area contributed by atoms with Crippen LogP contribution in [0.1, 0.15) is 5.56 Å². The van der Waals surface area contributed by atoms with E-state index in [4.69, 9.17) is 14.9 Å². The van der Waals surface area contributed by atoms with E-state index < -0.39 is 18.0 Å². The van der Waals surface area contributed by atoms with E-state index in [9.17, 15) is 9.59 Å². The highest BCUT2D eigenvalue weighted by Gasteiger charge is 2.19. The van der Waals surface area contributed by atoms with Crippen LogP contribution in [-0.2, 0) is 9.59 Å². The number of rotatable bonds is 4. The molecular formula is C13H12BrNO5. The van der Waals surface area contributed by atoms with Gasteiger partial charge in [-0.2, -0.15) is 0 Å². The van der Waals surface area contributed by atoms with E-state index >= 15 is 0 Å². The highest BCUT2D eigenvalue weighted by molar-refractivity contribution is 9.10. The van der Waals surface area contributed by atoms with E-state index in [0.29, 0.717) is 11.3 Å². The smallest absolute Gasteiger partial charge is 0.334 e. The van der Waals surface area contributed by atoms with Gasteiger partial charge < -0.3 is 20.3 Å². The van der Waals surface area contributed by atoms with Gasteiger partial charge in [0.15, 0.2) is 6.10 Å². The number of carboxylic acid groups (broad SMARTS) is 1. The molecule has 1 amide bonds. The molecule has 6 nitrogen and oxygen atoms in total. The number of amides is 1. The van der Waals surface area contributed by atoms with Gasteiger partial charge >= 0.3 is 5.97 Å². The van der Waals surface area contributed by atoms with Gasteiger partial charge in [-0.3, -0.25) is 4.79 Å². The number of hydrogen-bond donors (Lipinski definition) is 3. The molecule has 0 unspecified atom stereocenters. The molecule has 0 bridgehead atoms. The summed E-state index contributed by atoms with van der Waals surface area (Å²) in [6.45, 7) is -0.250. The summed E-state index contributed by atoms with van der Waals surface area (Å²) in [5.41, 5.74) is 1.13. The Labute approximate surface area is 123 Å². The molecule has 106 valence electrons. The monoisotopic (exact) mass is 341 g/mol. The highest BCUT2D eigenvalue weighted by atomic mass is 79.9. The van der Waals surface area contributed by atoms with Crippen molar-refractivity contribution in [2.75, 3.05) is 13.2 Å². The maximum Gasteiger partial charge on any atom is 0.334 e. The second-order valence-corrected chi connectivity index (χ2v) is 5.12. The van der Waals surface area contributed by atoms with Crippen LogP contribution in [0.2, 0.25) is 0 Å². The molecule has 0 spiro atoms. The molecule has 0 fully saturated rings. The van der Waals surface area contributed by atoms with E-state index in [-0.39, 0.29) is 13.2 Å². The van der Waals surface area contributed by atoms with E-state index in [1.807, 2.05) is 12.1 Å². The lowest BCUT2D eigenvalue weighted by Gasteiger charge is -2.18. The van der Waals surface area contributed by atoms with Crippen LogP contribution in [0.15, 0.2) is 28.2 Å². The molecule has 1 aliphatic heterocycles. The fourth-order valence-corrected chi connectivity index (χ4v) is 2.05. The number of carboxylic acids is 1. The minimum Gasteiger partial charge on any atom is -0.488 e. The summed E-state index contributed by atoms with van der Waals surface area (Å²) in [6, 6.07) is 5.44. The Bertz CT molecular complexity index is 584. The molecule has 0 aromatic heterocycles. The lowest BCUT2D eigenvalue weighted by Crippen LogP contribution is -2.38. The van der Waals surface area contributed by atoms with Gasteiger partial charge in [0.1, 0.15) is 12.4 Å². The Balaban J connectivity index is 2.06. The second kappa shape index (κ2) is 6.06. The van der Waals surface area contributed by atoms with E-state index in [0.717, 1.165) is 10.0 Å². The van der Waals surface area contributed by atoms with Crippen LogP contribution in [0.5, 0.6) is 5.75 Å². The summed E-state index contributed by atoms with van der Waals surface area (Å²) in [5.74, 6) is -1.17. The average Bonchev–Trinajstić information content (AvgIpc) is 2.43. The first-order chi connectivity index (χ1) is 9.47. The fraction of sp³-hybridized carbons (Fsp3) is 0.231. The summed E-state index contributed by atoms with van der Waals surface area (Å²) in [5, 5.41) is 20.0. The molecule has 0 aliphatic carbocycles. The number of aliphatic hydroxyl groups is 1. The van der Waals surface area contributed by atoms with Gasteiger partial charge in [-0.05, 0) is 24.3 Å². The van der Waals surface area contributed by atoms with Crippen LogP contribution in [0, 0.1) is 0 Å². The molecule has 20 heavy (non-hydrogen) atoms. The van der Waals surface area contributed by atoms with Crippen LogP contribution in [-0.4, -0.2) is 41.3 Å². The molecule has 0 saturated heterocycles. The minimum atomic E-state index is -1.62. The summed E-state index contributed by atoms with van der Waals surface area (Å²) in [4.78, 5) is 22.3. The van der Waals surface area contributed by atoms with Crippen molar-refractivity contribution in [3.63, 3.8) is 0 Å². The van der Waals surface area contributed by atoms with E-state index in [1.54, 1.807) is 12.1 Å². The number of aliphatic hydroxyl groups excluding tert-OH is 1. The zero-order valence-corrected chi connectivity index (χ0v) is 11.9. The first kappa shape index (κ1) is 14.5. The van der Waals surface area contributed by atoms with Gasteiger partial charge in [-0.15, -0.1) is 0 Å². The zero-order chi connectivity index (χ0) is 14.7. The lowest BCUT2D eigenvalue weighted by molar-refractivity contribution is -0.146. The van der Waals surface area contributed by atoms with Crippen LogP contribution in [0.4, 0.5) is 0 Å². The van der Waals surface area contributed by atoms with Crippen molar-refractivity contribution in [2.45, 2.75) is 6.10 Å². The number of benzene rings is 1. The third-order valence-corrected chi connectivity index (χ3v) is 3.21. The molecular weight excluding hydrogens is 330 g/mol. The third kappa shape index (κ3) is 3.37. The van der Waals surface area contributed by atoms with Gasteiger partial charge in [0.2, 0.25) is 0 Å². The van der Waals surface area contributed by atoms with Crippen LogP contribution in [0.25, 0.3) is 6.08 Å². The lowest BCUT2D eigenvalue weighted by atomic mass is 10.1. The van der Waals surface area contributed by atoms with Crippen molar-refractivity contribution in [3.8, 4) is 5.75 Å². The first-order valence-corrected chi connectivity index (χ1v) is 6.58. The molecule has 3 N–H and O–H groups in total. The van der Waals surface area contributed by atoms with Gasteiger partial charge in [0, 0.05) is 10.0 Å². The number of carbonyl (C=O) groups is 2. The van der Waals surface area contributed by atoms with Gasteiger partial charge in [0.05, 0.1) is 12.1 Å². The summed E-state index contributed by atoms with van der Waals surface area (Å²) in [7, 11) is 0. The van der Waals surface area contributed by atoms with E-state index in [2.05, 4.69) is 21.2 Å². The standard InChI is InChI=1S/C13H12BrNO5/c14-9-1-2-11-7(4-9)3-8(6-20-11)12(17)15-5-10(16)13(18)19/h1-4,10,16H,5-6H2,(H,15,17)(H,18,19)/t10-/m0/s1. The largest absolute Gasteiger partial charge is 0.488 e. The van der Waals surface area contributed by atoms with Gasteiger partial charge in [0.25, 0.3) is 5.91 Å². The van der Waals surface area contributed by atoms with Crippen molar-refractivity contribution < 1.29 is 24.5 Å². The van der Waals surface area contributed by atoms with Gasteiger partial charge in [-0.25, -0.2) is 4.79 Å². The van der Waals surface area contributed by atoms with Crippen molar-refractivity contribution >= 4 is 33.9 Å². The molecule has 7 heteroatoms. The number of aliphatic carboxylic acids is 1. The van der Waals surface area contributed by atoms with Crippen molar-refractivity contribution in [1.82, 2.24) is 5.32 Å².